The lowest BCUT2D eigenvalue weighted by molar-refractivity contribution is -0.727. The van der Waals surface area contributed by atoms with E-state index in [9.17, 15) is 4.79 Å². The molecule has 6 heteroatoms. The molecule has 0 aliphatic heterocycles. The van der Waals surface area contributed by atoms with Crippen LogP contribution >= 0.6 is 15.9 Å². The van der Waals surface area contributed by atoms with E-state index in [1.807, 2.05) is 12.1 Å². The highest BCUT2D eigenvalue weighted by atomic mass is 79.9. The molecule has 0 amide bonds. The molecule has 0 aliphatic carbocycles. The second-order valence-corrected chi connectivity index (χ2v) is 4.08. The Morgan fingerprint density at radius 3 is 2.69 bits per heavy atom. The second-order valence-electron chi connectivity index (χ2n) is 3.16. The number of rotatable bonds is 3. The van der Waals surface area contributed by atoms with E-state index in [2.05, 4.69) is 21.0 Å². The van der Waals surface area contributed by atoms with Gasteiger partial charge < -0.3 is 4.42 Å². The van der Waals surface area contributed by atoms with Crippen LogP contribution in [0.5, 0.6) is 0 Å². The predicted molar refractivity (Wildman–Crippen MR) is 59.6 cm³/mol. The lowest BCUT2D eigenvalue weighted by Crippen LogP contribution is -2.41. The fraction of sp³-hybridized carbons (Fsp3) is 0.100. The lowest BCUT2D eigenvalue weighted by Gasteiger charge is -1.97. The molecule has 0 saturated heterocycles. The number of nitrogens with two attached hydrogens (primary N) is 1. The van der Waals surface area contributed by atoms with Crippen molar-refractivity contribution in [2.75, 3.05) is 5.73 Å². The van der Waals surface area contributed by atoms with Crippen molar-refractivity contribution in [1.82, 2.24) is 5.10 Å². The maximum atomic E-state index is 11.8. The summed E-state index contributed by atoms with van der Waals surface area (Å²) in [6, 6.07) is 7.21. The molecule has 0 unspecified atom stereocenters. The van der Waals surface area contributed by atoms with Gasteiger partial charge in [0, 0.05) is 10.0 Å². The van der Waals surface area contributed by atoms with Crippen molar-refractivity contribution in [3.8, 4) is 0 Å². The maximum Gasteiger partial charge on any atom is 0.475 e. The van der Waals surface area contributed by atoms with Crippen LogP contribution in [0, 0.1) is 0 Å². The van der Waals surface area contributed by atoms with Crippen LogP contribution < -0.4 is 10.4 Å². The van der Waals surface area contributed by atoms with Gasteiger partial charge in [0.15, 0.2) is 6.54 Å². The maximum absolute atomic E-state index is 11.8. The van der Waals surface area contributed by atoms with Crippen LogP contribution in [-0.2, 0) is 6.54 Å². The van der Waals surface area contributed by atoms with Crippen molar-refractivity contribution < 1.29 is 13.9 Å². The first-order valence-electron chi connectivity index (χ1n) is 4.54. The monoisotopic (exact) mass is 282 g/mol. The first kappa shape index (κ1) is 10.8. The van der Waals surface area contributed by atoms with Gasteiger partial charge in [-0.25, -0.2) is 0 Å². The molecule has 1 aromatic heterocycles. The van der Waals surface area contributed by atoms with Crippen molar-refractivity contribution >= 4 is 27.7 Å². The first-order valence-corrected chi connectivity index (χ1v) is 5.34. The standard InChI is InChI=1S/C10H8BrN3O2/c11-8-3-1-7(2-4-8)9(15)5-14-10(12)16-6-13-14/h1-4,6,12H,5H2/p+1. The van der Waals surface area contributed by atoms with E-state index >= 15 is 0 Å². The van der Waals surface area contributed by atoms with E-state index in [4.69, 9.17) is 10.2 Å². The number of ketones is 1. The van der Waals surface area contributed by atoms with E-state index in [0.29, 0.717) is 5.56 Å². The van der Waals surface area contributed by atoms with Gasteiger partial charge in [-0.05, 0) is 17.2 Å². The Morgan fingerprint density at radius 2 is 2.12 bits per heavy atom. The number of carbonyl (C=O) groups is 1. The minimum Gasteiger partial charge on any atom is -0.375 e. The van der Waals surface area contributed by atoms with Gasteiger partial charge in [0.05, 0.1) is 0 Å². The van der Waals surface area contributed by atoms with Crippen molar-refractivity contribution in [1.29, 1.82) is 0 Å². The number of benzene rings is 1. The molecular formula is C10H9BrN3O2+. The smallest absolute Gasteiger partial charge is 0.375 e. The average molecular weight is 283 g/mol. The summed E-state index contributed by atoms with van der Waals surface area (Å²) in [7, 11) is 0. The summed E-state index contributed by atoms with van der Waals surface area (Å²) in [5, 5.41) is 3.79. The molecule has 0 spiro atoms. The molecule has 0 fully saturated rings. The molecule has 2 aromatic rings. The SMILES string of the molecule is Nc1ocn[n+]1CC(=O)c1ccc(Br)cc1. The quantitative estimate of drug-likeness (QED) is 0.678. The normalized spacial score (nSPS) is 10.3. The molecule has 82 valence electrons. The number of aromatic nitrogens is 2. The molecular weight excluding hydrogens is 274 g/mol. The Kier molecular flexibility index (Phi) is 3.00. The summed E-state index contributed by atoms with van der Waals surface area (Å²) in [6.07, 6.45) is 1.20. The Balaban J connectivity index is 2.15. The number of nitrogens with zero attached hydrogens (tertiary/aromatic N) is 2. The Morgan fingerprint density at radius 1 is 1.44 bits per heavy atom. The van der Waals surface area contributed by atoms with Crippen LogP contribution in [0.4, 0.5) is 6.01 Å². The number of anilines is 1. The number of hydrogen-bond acceptors (Lipinski definition) is 4. The van der Waals surface area contributed by atoms with Gasteiger partial charge in [-0.2, -0.15) is 0 Å². The van der Waals surface area contributed by atoms with Crippen LogP contribution in [0.2, 0.25) is 0 Å². The molecule has 1 heterocycles. The summed E-state index contributed by atoms with van der Waals surface area (Å²) in [5.41, 5.74) is 6.07. The third-order valence-corrected chi connectivity index (χ3v) is 2.60. The van der Waals surface area contributed by atoms with E-state index in [1.165, 1.54) is 11.1 Å². The van der Waals surface area contributed by atoms with Gasteiger partial charge in [-0.3, -0.25) is 10.5 Å². The van der Waals surface area contributed by atoms with Crippen LogP contribution in [-0.4, -0.2) is 10.9 Å². The molecule has 1 aromatic carbocycles. The highest BCUT2D eigenvalue weighted by molar-refractivity contribution is 9.10. The zero-order valence-electron chi connectivity index (χ0n) is 8.26. The number of carbonyl (C=O) groups excluding carboxylic acids is 1. The van der Waals surface area contributed by atoms with Crippen LogP contribution in [0.25, 0.3) is 0 Å². The highest BCUT2D eigenvalue weighted by Gasteiger charge is 2.15. The molecule has 5 nitrogen and oxygen atoms in total. The zero-order valence-corrected chi connectivity index (χ0v) is 9.85. The minimum absolute atomic E-state index is 0.0712. The first-order chi connectivity index (χ1) is 7.66. The minimum atomic E-state index is -0.0712. The Labute approximate surface area is 100.0 Å². The van der Waals surface area contributed by atoms with Gasteiger partial charge in [0.2, 0.25) is 12.2 Å². The number of hydrogen-bond donors (Lipinski definition) is 1. The van der Waals surface area contributed by atoms with E-state index in [0.717, 1.165) is 4.47 Å². The number of Topliss-reactive ketones (excluding diaryl/α,β-unsaturated/α-hetero) is 1. The van der Waals surface area contributed by atoms with Gasteiger partial charge in [-0.1, -0.05) is 32.7 Å². The van der Waals surface area contributed by atoms with Crippen LogP contribution in [0.15, 0.2) is 39.5 Å². The fourth-order valence-corrected chi connectivity index (χ4v) is 1.50. The molecule has 2 rings (SSSR count). The third kappa shape index (κ3) is 2.27. The molecule has 0 aliphatic rings. The van der Waals surface area contributed by atoms with Crippen LogP contribution in [0.1, 0.15) is 10.4 Å². The average Bonchev–Trinajstić information content (AvgIpc) is 2.65. The predicted octanol–water partition coefficient (Wildman–Crippen LogP) is 1.19. The van der Waals surface area contributed by atoms with Crippen molar-refractivity contribution in [3.05, 3.63) is 40.7 Å². The van der Waals surface area contributed by atoms with Gasteiger partial charge >= 0.3 is 6.01 Å². The summed E-state index contributed by atoms with van der Waals surface area (Å²) >= 11 is 3.30. The van der Waals surface area contributed by atoms with E-state index in [-0.39, 0.29) is 18.3 Å². The summed E-state index contributed by atoms with van der Waals surface area (Å²) in [6.45, 7) is 0.0734. The zero-order chi connectivity index (χ0) is 11.5. The molecule has 0 saturated carbocycles. The third-order valence-electron chi connectivity index (χ3n) is 2.07. The lowest BCUT2D eigenvalue weighted by atomic mass is 10.1. The van der Waals surface area contributed by atoms with Gasteiger partial charge in [-0.15, -0.1) is 0 Å². The summed E-state index contributed by atoms with van der Waals surface area (Å²) in [4.78, 5) is 11.8. The Hall–Kier alpha value is -1.69. The Bertz CT molecular complexity index is 507. The largest absolute Gasteiger partial charge is 0.475 e. The fourth-order valence-electron chi connectivity index (χ4n) is 1.23. The molecule has 2 N–H and O–H groups in total. The molecule has 0 bridgehead atoms. The molecule has 16 heavy (non-hydrogen) atoms. The van der Waals surface area contributed by atoms with Crippen molar-refractivity contribution in [2.45, 2.75) is 6.54 Å². The number of halogens is 1. The molecule has 0 atom stereocenters. The highest BCUT2D eigenvalue weighted by Crippen LogP contribution is 2.10. The van der Waals surface area contributed by atoms with E-state index in [1.54, 1.807) is 12.1 Å². The molecule has 0 radical (unpaired) electrons. The topological polar surface area (TPSA) is 73.0 Å². The van der Waals surface area contributed by atoms with Crippen molar-refractivity contribution in [2.24, 2.45) is 0 Å². The van der Waals surface area contributed by atoms with Crippen molar-refractivity contribution in [3.63, 3.8) is 0 Å². The van der Waals surface area contributed by atoms with Gasteiger partial charge in [0.25, 0.3) is 0 Å². The summed E-state index contributed by atoms with van der Waals surface area (Å²) in [5.74, 6) is -0.0712. The van der Waals surface area contributed by atoms with E-state index < -0.39 is 0 Å². The van der Waals surface area contributed by atoms with Gasteiger partial charge in [0.1, 0.15) is 0 Å². The second kappa shape index (κ2) is 4.44. The number of nitrogen functional groups attached to an aromatic ring is 1. The van der Waals surface area contributed by atoms with Crippen LogP contribution in [0.3, 0.4) is 0 Å². The summed E-state index contributed by atoms with van der Waals surface area (Å²) < 4.78 is 7.03.